The van der Waals surface area contributed by atoms with Gasteiger partial charge < -0.3 is 10.1 Å². The van der Waals surface area contributed by atoms with E-state index in [1.807, 2.05) is 0 Å². The van der Waals surface area contributed by atoms with Crippen LogP contribution in [-0.2, 0) is 24.3 Å². The lowest BCUT2D eigenvalue weighted by Gasteiger charge is -2.03. The molecule has 0 spiro atoms. The van der Waals surface area contributed by atoms with Crippen LogP contribution in [-0.4, -0.2) is 46.7 Å². The number of hydrogen-bond donors (Lipinski definition) is 2. The Balaban J connectivity index is 3.66. The van der Waals surface area contributed by atoms with E-state index in [1.54, 1.807) is 0 Å². The monoisotopic (exact) mass is 224 g/mol. The Hall–Kier alpha value is -1.15. The molecule has 0 heterocycles. The molecule has 0 aliphatic carbocycles. The van der Waals surface area contributed by atoms with Crippen LogP contribution < -0.4 is 10.0 Å². The number of ether oxygens (including phenoxy) is 1. The highest BCUT2D eigenvalue weighted by Crippen LogP contribution is 1.74. The van der Waals surface area contributed by atoms with Crippen molar-refractivity contribution in [2.45, 2.75) is 0 Å². The summed E-state index contributed by atoms with van der Waals surface area (Å²) in [4.78, 5) is 21.3. The summed E-state index contributed by atoms with van der Waals surface area (Å²) >= 11 is 0. The Bertz CT molecular complexity index is 310. The molecule has 0 saturated heterocycles. The molecule has 0 radical (unpaired) electrons. The highest BCUT2D eigenvalue weighted by molar-refractivity contribution is 7.88. The zero-order valence-corrected chi connectivity index (χ0v) is 8.68. The van der Waals surface area contributed by atoms with E-state index in [9.17, 15) is 18.0 Å². The first-order valence-electron chi connectivity index (χ1n) is 3.67. The van der Waals surface area contributed by atoms with Crippen LogP contribution in [0.2, 0.25) is 0 Å². The summed E-state index contributed by atoms with van der Waals surface area (Å²) in [5.74, 6) is -1.91. The number of carbonyl (C=O) groups excluding carboxylic acids is 2. The van der Waals surface area contributed by atoms with Gasteiger partial charge in [-0.1, -0.05) is 0 Å². The van der Waals surface area contributed by atoms with E-state index in [2.05, 4.69) is 14.8 Å². The molecular formula is C6H12N2O5S. The molecule has 0 aromatic heterocycles. The second-order valence-electron chi connectivity index (χ2n) is 2.41. The molecule has 0 atom stereocenters. The van der Waals surface area contributed by atoms with Crippen LogP contribution in [0.4, 0.5) is 0 Å². The van der Waals surface area contributed by atoms with Gasteiger partial charge in [-0.2, -0.15) is 0 Å². The first-order chi connectivity index (χ1) is 6.37. The van der Waals surface area contributed by atoms with Crippen LogP contribution in [0.3, 0.4) is 0 Å². The van der Waals surface area contributed by atoms with Gasteiger partial charge in [0.25, 0.3) is 0 Å². The van der Waals surface area contributed by atoms with Crippen molar-refractivity contribution in [3.63, 3.8) is 0 Å². The van der Waals surface area contributed by atoms with Crippen molar-refractivity contribution in [2.75, 3.05) is 26.5 Å². The second-order valence-corrected chi connectivity index (χ2v) is 4.25. The molecule has 0 aromatic rings. The predicted molar refractivity (Wildman–Crippen MR) is 47.9 cm³/mol. The van der Waals surface area contributed by atoms with Crippen molar-refractivity contribution in [3.05, 3.63) is 0 Å². The van der Waals surface area contributed by atoms with Crippen molar-refractivity contribution in [2.24, 2.45) is 0 Å². The van der Waals surface area contributed by atoms with Gasteiger partial charge in [-0.25, -0.2) is 17.9 Å². The number of carbonyl (C=O) groups is 2. The van der Waals surface area contributed by atoms with Gasteiger partial charge in [-0.05, 0) is 0 Å². The summed E-state index contributed by atoms with van der Waals surface area (Å²) in [5, 5.41) is 2.17. The minimum Gasteiger partial charge on any atom is -0.462 e. The van der Waals surface area contributed by atoms with Crippen LogP contribution in [0.25, 0.3) is 0 Å². The normalized spacial score (nSPS) is 10.7. The third-order valence-corrected chi connectivity index (χ3v) is 1.87. The standard InChI is InChI=1S/C6H12N2O5S/c1-13-6(10)5(9)7-3-4-8-14(2,11)12/h8H,3-4H2,1-2H3,(H,7,9). The van der Waals surface area contributed by atoms with Crippen molar-refractivity contribution >= 4 is 21.9 Å². The maximum atomic E-state index is 10.7. The van der Waals surface area contributed by atoms with Gasteiger partial charge in [0.05, 0.1) is 13.4 Å². The van der Waals surface area contributed by atoms with Crippen LogP contribution in [0.15, 0.2) is 0 Å². The number of amides is 1. The number of rotatable bonds is 4. The maximum absolute atomic E-state index is 10.7. The highest BCUT2D eigenvalue weighted by Gasteiger charge is 2.12. The number of esters is 1. The van der Waals surface area contributed by atoms with E-state index in [0.29, 0.717) is 0 Å². The molecule has 7 nitrogen and oxygen atoms in total. The molecule has 2 N–H and O–H groups in total. The van der Waals surface area contributed by atoms with Crippen molar-refractivity contribution < 1.29 is 22.7 Å². The first-order valence-corrected chi connectivity index (χ1v) is 5.56. The number of sulfonamides is 1. The molecule has 0 unspecified atom stereocenters. The Morgan fingerprint density at radius 3 is 2.29 bits per heavy atom. The summed E-state index contributed by atoms with van der Waals surface area (Å²) in [5.41, 5.74) is 0. The van der Waals surface area contributed by atoms with Crippen LogP contribution in [0, 0.1) is 0 Å². The average Bonchev–Trinajstić information content (AvgIpc) is 2.09. The third-order valence-electron chi connectivity index (χ3n) is 1.15. The van der Waals surface area contributed by atoms with Gasteiger partial charge in [0.1, 0.15) is 0 Å². The molecule has 0 bridgehead atoms. The minimum absolute atomic E-state index is 0.0288. The van der Waals surface area contributed by atoms with Crippen molar-refractivity contribution in [1.29, 1.82) is 0 Å². The molecule has 82 valence electrons. The van der Waals surface area contributed by atoms with Gasteiger partial charge in [0.15, 0.2) is 0 Å². The van der Waals surface area contributed by atoms with Gasteiger partial charge in [-0.15, -0.1) is 0 Å². The Morgan fingerprint density at radius 1 is 1.29 bits per heavy atom. The molecule has 1 amide bonds. The molecular weight excluding hydrogens is 212 g/mol. The Labute approximate surface area is 81.9 Å². The number of nitrogens with one attached hydrogen (secondary N) is 2. The van der Waals surface area contributed by atoms with E-state index < -0.39 is 21.9 Å². The quantitative estimate of drug-likeness (QED) is 0.321. The maximum Gasteiger partial charge on any atom is 0.396 e. The van der Waals surface area contributed by atoms with Crippen LogP contribution in [0.5, 0.6) is 0 Å². The van der Waals surface area contributed by atoms with Crippen LogP contribution in [0.1, 0.15) is 0 Å². The Morgan fingerprint density at radius 2 is 1.86 bits per heavy atom. The summed E-state index contributed by atoms with van der Waals surface area (Å²) in [6.07, 6.45) is 0.995. The predicted octanol–water partition coefficient (Wildman–Crippen LogP) is -2.18. The first kappa shape index (κ1) is 12.8. The van der Waals surface area contributed by atoms with Gasteiger partial charge in [0.2, 0.25) is 10.0 Å². The molecule has 8 heteroatoms. The second kappa shape index (κ2) is 5.55. The summed E-state index contributed by atoms with van der Waals surface area (Å²) in [6.45, 7) is 0.0581. The van der Waals surface area contributed by atoms with E-state index in [1.165, 1.54) is 0 Å². The highest BCUT2D eigenvalue weighted by atomic mass is 32.2. The average molecular weight is 224 g/mol. The zero-order chi connectivity index (χ0) is 11.2. The van der Waals surface area contributed by atoms with Crippen LogP contribution >= 0.6 is 0 Å². The van der Waals surface area contributed by atoms with Crippen molar-refractivity contribution in [1.82, 2.24) is 10.0 Å². The molecule has 0 aromatic carbocycles. The van der Waals surface area contributed by atoms with E-state index in [-0.39, 0.29) is 13.1 Å². The topological polar surface area (TPSA) is 102 Å². The molecule has 0 aliphatic rings. The third kappa shape index (κ3) is 6.38. The SMILES string of the molecule is COC(=O)C(=O)NCCNS(C)(=O)=O. The fourth-order valence-electron chi connectivity index (χ4n) is 0.577. The number of methoxy groups -OCH3 is 1. The van der Waals surface area contributed by atoms with Gasteiger partial charge in [-0.3, -0.25) is 4.79 Å². The van der Waals surface area contributed by atoms with E-state index in [0.717, 1.165) is 13.4 Å². The summed E-state index contributed by atoms with van der Waals surface area (Å²) in [7, 11) is -2.19. The van der Waals surface area contributed by atoms with E-state index in [4.69, 9.17) is 0 Å². The molecule has 0 saturated carbocycles. The number of hydrogen-bond acceptors (Lipinski definition) is 5. The lowest BCUT2D eigenvalue weighted by Crippen LogP contribution is -2.37. The smallest absolute Gasteiger partial charge is 0.396 e. The van der Waals surface area contributed by atoms with Crippen molar-refractivity contribution in [3.8, 4) is 0 Å². The largest absolute Gasteiger partial charge is 0.462 e. The van der Waals surface area contributed by atoms with Gasteiger partial charge in [0, 0.05) is 13.1 Å². The fraction of sp³-hybridized carbons (Fsp3) is 0.667. The molecule has 0 fully saturated rings. The lowest BCUT2D eigenvalue weighted by molar-refractivity contribution is -0.152. The van der Waals surface area contributed by atoms with E-state index >= 15 is 0 Å². The zero-order valence-electron chi connectivity index (χ0n) is 7.86. The fourth-order valence-corrected chi connectivity index (χ4v) is 1.05. The minimum atomic E-state index is -3.27. The summed E-state index contributed by atoms with van der Waals surface area (Å²) in [6, 6.07) is 0. The molecule has 0 rings (SSSR count). The molecule has 14 heavy (non-hydrogen) atoms. The summed E-state index contributed by atoms with van der Waals surface area (Å²) < 4.78 is 27.4. The Kier molecular flexibility index (Phi) is 5.10. The van der Waals surface area contributed by atoms with Gasteiger partial charge >= 0.3 is 11.9 Å². The lowest BCUT2D eigenvalue weighted by atomic mass is 10.5. The molecule has 0 aliphatic heterocycles.